The molecule has 2 atom stereocenters. The minimum atomic E-state index is -0.671. The largest absolute Gasteiger partial charge is 0.466 e. The Hall–Kier alpha value is -1.40. The number of carbonyl (C=O) groups is 2. The van der Waals surface area contributed by atoms with Crippen molar-refractivity contribution >= 4 is 11.9 Å². The van der Waals surface area contributed by atoms with Crippen molar-refractivity contribution in [2.75, 3.05) is 13.2 Å². The third-order valence-electron chi connectivity index (χ3n) is 11.1. The van der Waals surface area contributed by atoms with Gasteiger partial charge in [0, 0.05) is 12.8 Å². The predicted octanol–water partition coefficient (Wildman–Crippen LogP) is 13.8. The van der Waals surface area contributed by atoms with Crippen LogP contribution in [-0.4, -0.2) is 47.4 Å². The smallest absolute Gasteiger partial charge is 0.305 e. The molecule has 320 valence electrons. The van der Waals surface area contributed by atoms with E-state index in [1.165, 1.54) is 161 Å². The van der Waals surface area contributed by atoms with Crippen molar-refractivity contribution in [3.63, 3.8) is 0 Å². The number of aliphatic hydroxyl groups excluding tert-OH is 2. The zero-order chi connectivity index (χ0) is 39.4. The van der Waals surface area contributed by atoms with Gasteiger partial charge in [-0.1, -0.05) is 206 Å². The second kappa shape index (κ2) is 44.3. The highest BCUT2D eigenvalue weighted by molar-refractivity contribution is 5.76. The molecular weight excluding hydrogens is 671 g/mol. The van der Waals surface area contributed by atoms with E-state index in [9.17, 15) is 19.8 Å². The molecule has 0 rings (SSSR count). The molecule has 54 heavy (non-hydrogen) atoms. The van der Waals surface area contributed by atoms with Crippen LogP contribution in [0.2, 0.25) is 0 Å². The molecule has 0 radical (unpaired) electrons. The van der Waals surface area contributed by atoms with E-state index in [1.54, 1.807) is 0 Å². The Morgan fingerprint density at radius 1 is 0.500 bits per heavy atom. The lowest BCUT2D eigenvalue weighted by molar-refractivity contribution is -0.143. The second-order valence-corrected chi connectivity index (χ2v) is 16.4. The summed E-state index contributed by atoms with van der Waals surface area (Å²) >= 11 is 0. The molecule has 3 N–H and O–H groups in total. The Kier molecular flexibility index (Phi) is 43.2. The highest BCUT2D eigenvalue weighted by Crippen LogP contribution is 2.15. The summed E-state index contributed by atoms with van der Waals surface area (Å²) in [6.45, 7) is 4.90. The molecule has 0 aliphatic heterocycles. The summed E-state index contributed by atoms with van der Waals surface area (Å²) in [7, 11) is 0. The number of carbonyl (C=O) groups excluding carboxylic acids is 2. The van der Waals surface area contributed by atoms with E-state index in [4.69, 9.17) is 4.74 Å². The van der Waals surface area contributed by atoms with E-state index < -0.39 is 12.1 Å². The molecule has 0 aromatic carbocycles. The summed E-state index contributed by atoms with van der Waals surface area (Å²) in [5.74, 6) is -0.0573. The number of aliphatic hydroxyl groups is 2. The molecule has 0 aliphatic carbocycles. The first-order valence-corrected chi connectivity index (χ1v) is 23.9. The van der Waals surface area contributed by atoms with Crippen molar-refractivity contribution in [2.45, 2.75) is 270 Å². The number of unbranched alkanes of at least 4 members (excludes halogenated alkanes) is 31. The lowest BCUT2D eigenvalue weighted by atomic mass is 10.0. The average molecular weight is 764 g/mol. The first-order valence-electron chi connectivity index (χ1n) is 23.9. The monoisotopic (exact) mass is 764 g/mol. The van der Waals surface area contributed by atoms with E-state index in [-0.39, 0.29) is 18.5 Å². The van der Waals surface area contributed by atoms with Gasteiger partial charge in [-0.2, -0.15) is 0 Å². The maximum absolute atomic E-state index is 12.4. The van der Waals surface area contributed by atoms with Crippen LogP contribution >= 0.6 is 0 Å². The molecule has 0 saturated heterocycles. The molecule has 0 aliphatic rings. The summed E-state index contributed by atoms with van der Waals surface area (Å²) in [6.07, 6.45) is 48.9. The van der Waals surface area contributed by atoms with Gasteiger partial charge >= 0.3 is 5.97 Å². The fraction of sp³-hybridized carbons (Fsp3) is 0.917. The Morgan fingerprint density at radius 3 is 1.31 bits per heavy atom. The lowest BCUT2D eigenvalue weighted by Crippen LogP contribution is -2.45. The Morgan fingerprint density at radius 2 is 0.870 bits per heavy atom. The number of allylic oxidation sites excluding steroid dienone is 2. The number of rotatable bonds is 44. The van der Waals surface area contributed by atoms with Crippen LogP contribution in [0.1, 0.15) is 258 Å². The van der Waals surface area contributed by atoms with E-state index in [2.05, 4.69) is 31.3 Å². The first-order chi connectivity index (χ1) is 26.5. The second-order valence-electron chi connectivity index (χ2n) is 16.4. The Bertz CT molecular complexity index is 802. The molecular formula is C48H93NO5. The number of ether oxygens (including phenoxy) is 1. The van der Waals surface area contributed by atoms with Crippen LogP contribution in [-0.2, 0) is 14.3 Å². The van der Waals surface area contributed by atoms with Gasteiger partial charge in [0.15, 0.2) is 0 Å². The predicted molar refractivity (Wildman–Crippen MR) is 232 cm³/mol. The third-order valence-corrected chi connectivity index (χ3v) is 11.1. The Labute approximate surface area is 336 Å². The van der Waals surface area contributed by atoms with E-state index in [0.29, 0.717) is 25.9 Å². The molecule has 0 aromatic rings. The molecule has 0 saturated carbocycles. The zero-order valence-corrected chi connectivity index (χ0v) is 36.2. The van der Waals surface area contributed by atoms with Gasteiger partial charge < -0.3 is 20.3 Å². The molecule has 1 amide bonds. The molecule has 0 fully saturated rings. The van der Waals surface area contributed by atoms with Gasteiger partial charge in [0.2, 0.25) is 5.91 Å². The van der Waals surface area contributed by atoms with Crippen molar-refractivity contribution in [1.82, 2.24) is 5.32 Å². The molecule has 2 unspecified atom stereocenters. The van der Waals surface area contributed by atoms with Gasteiger partial charge in [-0.25, -0.2) is 0 Å². The first kappa shape index (κ1) is 52.6. The molecule has 0 aromatic heterocycles. The van der Waals surface area contributed by atoms with Crippen LogP contribution in [0.5, 0.6) is 0 Å². The van der Waals surface area contributed by atoms with E-state index >= 15 is 0 Å². The van der Waals surface area contributed by atoms with Crippen molar-refractivity contribution in [3.05, 3.63) is 12.2 Å². The van der Waals surface area contributed by atoms with Crippen LogP contribution in [0.15, 0.2) is 12.2 Å². The number of hydrogen-bond donors (Lipinski definition) is 3. The quantitative estimate of drug-likeness (QED) is 0.0326. The van der Waals surface area contributed by atoms with Gasteiger partial charge in [0.1, 0.15) is 0 Å². The van der Waals surface area contributed by atoms with Crippen LogP contribution in [0.3, 0.4) is 0 Å². The topological polar surface area (TPSA) is 95.9 Å². The van der Waals surface area contributed by atoms with Crippen LogP contribution in [0.25, 0.3) is 0 Å². The molecule has 0 heterocycles. The third kappa shape index (κ3) is 40.3. The lowest BCUT2D eigenvalue weighted by Gasteiger charge is -2.22. The van der Waals surface area contributed by atoms with Crippen molar-refractivity contribution in [3.8, 4) is 0 Å². The molecule has 6 nitrogen and oxygen atoms in total. The average Bonchev–Trinajstić information content (AvgIpc) is 3.17. The van der Waals surface area contributed by atoms with Crippen molar-refractivity contribution in [1.29, 1.82) is 0 Å². The SMILES string of the molecule is CCCCCCCCCCCCCCC(=O)OCCCCCCCCC/C=C\CCCCCCCC(=O)NC(CO)C(O)CCCCCCCCCCC. The summed E-state index contributed by atoms with van der Waals surface area (Å²) in [6, 6.07) is -0.550. The van der Waals surface area contributed by atoms with Crippen LogP contribution in [0, 0.1) is 0 Å². The van der Waals surface area contributed by atoms with E-state index in [0.717, 1.165) is 64.2 Å². The highest BCUT2D eigenvalue weighted by Gasteiger charge is 2.20. The Balaban J connectivity index is 3.45. The number of esters is 1. The van der Waals surface area contributed by atoms with Crippen molar-refractivity contribution in [2.24, 2.45) is 0 Å². The summed E-state index contributed by atoms with van der Waals surface area (Å²) in [5, 5.41) is 23.0. The maximum atomic E-state index is 12.4. The highest BCUT2D eigenvalue weighted by atomic mass is 16.5. The minimum Gasteiger partial charge on any atom is -0.466 e. The summed E-state index contributed by atoms with van der Waals surface area (Å²) in [5.41, 5.74) is 0. The number of hydrogen-bond acceptors (Lipinski definition) is 5. The molecule has 6 heteroatoms. The molecule has 0 spiro atoms. The summed E-state index contributed by atoms with van der Waals surface area (Å²) < 4.78 is 5.45. The maximum Gasteiger partial charge on any atom is 0.305 e. The van der Waals surface area contributed by atoms with Gasteiger partial charge in [-0.05, 0) is 51.4 Å². The van der Waals surface area contributed by atoms with Gasteiger partial charge in [-0.15, -0.1) is 0 Å². The fourth-order valence-corrected chi connectivity index (χ4v) is 7.34. The van der Waals surface area contributed by atoms with Gasteiger partial charge in [0.25, 0.3) is 0 Å². The zero-order valence-electron chi connectivity index (χ0n) is 36.2. The van der Waals surface area contributed by atoms with Crippen LogP contribution < -0.4 is 5.32 Å². The van der Waals surface area contributed by atoms with Gasteiger partial charge in [0.05, 0.1) is 25.4 Å². The van der Waals surface area contributed by atoms with Crippen LogP contribution in [0.4, 0.5) is 0 Å². The fourth-order valence-electron chi connectivity index (χ4n) is 7.34. The molecule has 0 bridgehead atoms. The standard InChI is InChI=1S/C48H93NO5/c1-3-5-7-9-11-13-14-22-26-30-34-38-42-48(53)54-43-39-35-31-27-23-20-18-16-15-17-19-21-25-29-33-37-41-47(52)49-45(44-50)46(51)40-36-32-28-24-12-10-8-6-4-2/h15,17,45-46,50-51H,3-14,16,18-44H2,1-2H3,(H,49,52)/b17-15-. The minimum absolute atomic E-state index is 0.00263. The van der Waals surface area contributed by atoms with E-state index in [1.807, 2.05) is 0 Å². The van der Waals surface area contributed by atoms with Crippen molar-refractivity contribution < 1.29 is 24.5 Å². The van der Waals surface area contributed by atoms with Gasteiger partial charge in [-0.3, -0.25) is 9.59 Å². The number of amides is 1. The number of nitrogens with one attached hydrogen (secondary N) is 1. The summed E-state index contributed by atoms with van der Waals surface area (Å²) in [4.78, 5) is 24.3. The normalized spacial score (nSPS) is 12.7.